The Hall–Kier alpha value is -0.410. The summed E-state index contributed by atoms with van der Waals surface area (Å²) in [7, 11) is 1.57. The van der Waals surface area contributed by atoms with E-state index in [0.29, 0.717) is 0 Å². The van der Waals surface area contributed by atoms with Crippen LogP contribution in [0.4, 0.5) is 0 Å². The van der Waals surface area contributed by atoms with Crippen LogP contribution in [0, 0.1) is 0 Å². The smallest absolute Gasteiger partial charge is 0.148 e. The van der Waals surface area contributed by atoms with Crippen LogP contribution in [0.25, 0.3) is 0 Å². The number of unbranched alkanes of at least 4 members (excludes halogenated alkanes) is 7. The predicted octanol–water partition coefficient (Wildman–Crippen LogP) is 3.71. The largest absolute Gasteiger partial charge is 0.359 e. The molecule has 0 saturated carbocycles. The lowest BCUT2D eigenvalue weighted by Gasteiger charge is -2.10. The van der Waals surface area contributed by atoms with Crippen molar-refractivity contribution < 1.29 is 14.3 Å². The number of hydrogen-bond acceptors (Lipinski definition) is 3. The van der Waals surface area contributed by atoms with Crippen molar-refractivity contribution in [2.24, 2.45) is 0 Å². The molecule has 0 bridgehead atoms. The zero-order valence-corrected chi connectivity index (χ0v) is 11.5. The van der Waals surface area contributed by atoms with Crippen LogP contribution < -0.4 is 0 Å². The van der Waals surface area contributed by atoms with Gasteiger partial charge in [0.05, 0.1) is 0 Å². The normalized spacial score (nSPS) is 12.6. The Morgan fingerprint density at radius 3 is 2.12 bits per heavy atom. The molecule has 0 fully saturated rings. The Kier molecular flexibility index (Phi) is 13.3. The van der Waals surface area contributed by atoms with Crippen molar-refractivity contribution in [3.05, 3.63) is 0 Å². The zero-order valence-electron chi connectivity index (χ0n) is 11.5. The summed E-state index contributed by atoms with van der Waals surface area (Å²) in [4.78, 5) is 10.7. The van der Waals surface area contributed by atoms with Gasteiger partial charge in [0.1, 0.15) is 19.2 Å². The first kappa shape index (κ1) is 16.6. The highest BCUT2D eigenvalue weighted by molar-refractivity contribution is 5.55. The van der Waals surface area contributed by atoms with E-state index in [2.05, 4.69) is 6.92 Å². The minimum atomic E-state index is -0.282. The number of methoxy groups -OCH3 is 1. The quantitative estimate of drug-likeness (QED) is 0.281. The van der Waals surface area contributed by atoms with Crippen LogP contribution in [0.2, 0.25) is 0 Å². The number of carbonyl (C=O) groups is 1. The van der Waals surface area contributed by atoms with Crippen molar-refractivity contribution in [3.8, 4) is 0 Å². The van der Waals surface area contributed by atoms with Gasteiger partial charge in [-0.25, -0.2) is 0 Å². The Morgan fingerprint density at radius 2 is 1.59 bits per heavy atom. The van der Waals surface area contributed by atoms with E-state index in [-0.39, 0.29) is 12.9 Å². The molecule has 0 N–H and O–H groups in total. The van der Waals surface area contributed by atoms with Crippen LogP contribution in [-0.2, 0) is 14.3 Å². The van der Waals surface area contributed by atoms with Crippen molar-refractivity contribution in [1.82, 2.24) is 0 Å². The van der Waals surface area contributed by atoms with Crippen molar-refractivity contribution >= 4 is 6.29 Å². The van der Waals surface area contributed by atoms with Crippen molar-refractivity contribution in [2.75, 3.05) is 13.9 Å². The second-order valence-corrected chi connectivity index (χ2v) is 4.51. The average molecular weight is 244 g/mol. The first-order valence-electron chi connectivity index (χ1n) is 6.91. The second kappa shape index (κ2) is 13.7. The van der Waals surface area contributed by atoms with Gasteiger partial charge in [-0.1, -0.05) is 58.3 Å². The Morgan fingerprint density at radius 1 is 1.00 bits per heavy atom. The van der Waals surface area contributed by atoms with E-state index in [1.54, 1.807) is 7.11 Å². The van der Waals surface area contributed by atoms with Crippen LogP contribution in [0.15, 0.2) is 0 Å². The average Bonchev–Trinajstić information content (AvgIpc) is 2.36. The molecule has 0 aliphatic rings. The summed E-state index contributed by atoms with van der Waals surface area (Å²) in [6.45, 7) is 2.44. The van der Waals surface area contributed by atoms with Gasteiger partial charge in [0.2, 0.25) is 0 Å². The van der Waals surface area contributed by atoms with E-state index in [4.69, 9.17) is 9.47 Å². The molecule has 0 aromatic rings. The molecule has 17 heavy (non-hydrogen) atoms. The number of rotatable bonds is 13. The number of aldehydes is 1. The predicted molar refractivity (Wildman–Crippen MR) is 70.0 cm³/mol. The van der Waals surface area contributed by atoms with Crippen molar-refractivity contribution in [2.45, 2.75) is 70.8 Å². The highest BCUT2D eigenvalue weighted by atomic mass is 16.7. The molecule has 1 atom stereocenters. The van der Waals surface area contributed by atoms with Gasteiger partial charge in [-0.3, -0.25) is 0 Å². The summed E-state index contributed by atoms with van der Waals surface area (Å²) in [6, 6.07) is 0. The maximum atomic E-state index is 10.7. The maximum Gasteiger partial charge on any atom is 0.148 e. The molecular weight excluding hydrogens is 216 g/mol. The van der Waals surface area contributed by atoms with E-state index < -0.39 is 0 Å². The van der Waals surface area contributed by atoms with Gasteiger partial charge in [0.15, 0.2) is 0 Å². The van der Waals surface area contributed by atoms with E-state index >= 15 is 0 Å². The molecule has 0 spiro atoms. The van der Waals surface area contributed by atoms with Crippen LogP contribution in [0.5, 0.6) is 0 Å². The fourth-order valence-corrected chi connectivity index (χ4v) is 1.83. The van der Waals surface area contributed by atoms with Gasteiger partial charge in [0, 0.05) is 7.11 Å². The van der Waals surface area contributed by atoms with Gasteiger partial charge in [-0.15, -0.1) is 0 Å². The minimum absolute atomic E-state index is 0.209. The van der Waals surface area contributed by atoms with Gasteiger partial charge in [-0.05, 0) is 6.42 Å². The molecule has 3 heteroatoms. The van der Waals surface area contributed by atoms with Gasteiger partial charge < -0.3 is 14.3 Å². The lowest BCUT2D eigenvalue weighted by Crippen LogP contribution is -2.15. The summed E-state index contributed by atoms with van der Waals surface area (Å²) in [5.74, 6) is 0. The molecule has 0 rings (SSSR count). The van der Waals surface area contributed by atoms with E-state index in [0.717, 1.165) is 19.1 Å². The molecule has 0 aromatic heterocycles. The molecule has 3 nitrogen and oxygen atoms in total. The first-order valence-corrected chi connectivity index (χ1v) is 6.91. The van der Waals surface area contributed by atoms with E-state index in [1.807, 2.05) is 0 Å². The maximum absolute atomic E-state index is 10.7. The third kappa shape index (κ3) is 11.8. The minimum Gasteiger partial charge on any atom is -0.359 e. The van der Waals surface area contributed by atoms with E-state index in [1.165, 1.54) is 44.9 Å². The lowest BCUT2D eigenvalue weighted by molar-refractivity contribution is -0.128. The molecule has 0 heterocycles. The van der Waals surface area contributed by atoms with Crippen LogP contribution >= 0.6 is 0 Å². The molecular formula is C14H28O3. The molecule has 0 aliphatic heterocycles. The molecule has 0 aliphatic carbocycles. The summed E-state index contributed by atoms with van der Waals surface area (Å²) >= 11 is 0. The third-order valence-electron chi connectivity index (χ3n) is 2.89. The van der Waals surface area contributed by atoms with Gasteiger partial charge in [0.25, 0.3) is 0 Å². The van der Waals surface area contributed by atoms with E-state index in [9.17, 15) is 4.79 Å². The summed E-state index contributed by atoms with van der Waals surface area (Å²) in [5, 5.41) is 0. The molecule has 0 saturated heterocycles. The monoisotopic (exact) mass is 244 g/mol. The molecule has 102 valence electrons. The molecule has 0 unspecified atom stereocenters. The standard InChI is InChI=1S/C14H28O3/c1-3-4-5-6-7-8-9-10-11-14(12-15)17-13-16-2/h12,14H,3-11,13H2,1-2H3/t14-/m0/s1. The van der Waals surface area contributed by atoms with Gasteiger partial charge in [-0.2, -0.15) is 0 Å². The van der Waals surface area contributed by atoms with Gasteiger partial charge >= 0.3 is 0 Å². The summed E-state index contributed by atoms with van der Waals surface area (Å²) < 4.78 is 9.99. The fourth-order valence-electron chi connectivity index (χ4n) is 1.83. The zero-order chi connectivity index (χ0) is 12.8. The molecule has 0 amide bonds. The Balaban J connectivity index is 3.22. The summed E-state index contributed by atoms with van der Waals surface area (Å²) in [6.07, 6.45) is 11.7. The highest BCUT2D eigenvalue weighted by Crippen LogP contribution is 2.11. The number of hydrogen-bond donors (Lipinski definition) is 0. The Bertz CT molecular complexity index is 160. The molecule has 0 radical (unpaired) electrons. The van der Waals surface area contributed by atoms with Crippen molar-refractivity contribution in [3.63, 3.8) is 0 Å². The van der Waals surface area contributed by atoms with Crippen LogP contribution in [-0.4, -0.2) is 26.3 Å². The van der Waals surface area contributed by atoms with Crippen LogP contribution in [0.1, 0.15) is 64.7 Å². The summed E-state index contributed by atoms with van der Waals surface area (Å²) in [5.41, 5.74) is 0. The Labute approximate surface area is 106 Å². The number of carbonyl (C=O) groups excluding carboxylic acids is 1. The molecule has 0 aromatic carbocycles. The third-order valence-corrected chi connectivity index (χ3v) is 2.89. The van der Waals surface area contributed by atoms with Crippen molar-refractivity contribution in [1.29, 1.82) is 0 Å². The highest BCUT2D eigenvalue weighted by Gasteiger charge is 2.06. The van der Waals surface area contributed by atoms with Crippen LogP contribution in [0.3, 0.4) is 0 Å². The topological polar surface area (TPSA) is 35.5 Å². The first-order chi connectivity index (χ1) is 8.35. The SMILES string of the molecule is CCCCCCCCCC[C@@H](C=O)OCOC. The number of ether oxygens (including phenoxy) is 2. The second-order valence-electron chi connectivity index (χ2n) is 4.51. The lowest BCUT2D eigenvalue weighted by atomic mass is 10.1. The fraction of sp³-hybridized carbons (Fsp3) is 0.929.